The summed E-state index contributed by atoms with van der Waals surface area (Å²) in [6, 6.07) is 3.51. The van der Waals surface area contributed by atoms with E-state index in [4.69, 9.17) is 0 Å². The first kappa shape index (κ1) is 9.38. The lowest BCUT2D eigenvalue weighted by molar-refractivity contribution is 1.17. The Morgan fingerprint density at radius 2 is 2.08 bits per heavy atom. The first-order valence-electron chi connectivity index (χ1n) is 4.16. The fourth-order valence-electron chi connectivity index (χ4n) is 0.882. The highest BCUT2D eigenvalue weighted by molar-refractivity contribution is 5.67. The number of H-pyrrole nitrogens is 1. The highest BCUT2D eigenvalue weighted by Gasteiger charge is 1.92. The lowest BCUT2D eigenvalue weighted by Gasteiger charge is -1.91. The van der Waals surface area contributed by atoms with Gasteiger partial charge in [0.25, 0.3) is 5.56 Å². The van der Waals surface area contributed by atoms with E-state index in [1.165, 1.54) is 6.20 Å². The van der Waals surface area contributed by atoms with Gasteiger partial charge in [0.05, 0.1) is 11.7 Å². The van der Waals surface area contributed by atoms with E-state index in [0.717, 1.165) is 0 Å². The van der Waals surface area contributed by atoms with Crippen molar-refractivity contribution >= 4 is 11.2 Å². The van der Waals surface area contributed by atoms with Gasteiger partial charge in [-0.05, 0) is 12.1 Å². The van der Waals surface area contributed by atoms with Crippen LogP contribution in [-0.4, -0.2) is 15.0 Å². The van der Waals surface area contributed by atoms with E-state index >= 15 is 0 Å². The monoisotopic (exact) mass is 177 g/mol. The number of aromatic nitrogens is 3. The molecular weight excluding hydrogens is 166 g/mol. The zero-order valence-corrected chi connectivity index (χ0v) is 7.61. The van der Waals surface area contributed by atoms with E-state index in [2.05, 4.69) is 15.0 Å². The summed E-state index contributed by atoms with van der Waals surface area (Å²) >= 11 is 0. The van der Waals surface area contributed by atoms with Crippen molar-refractivity contribution in [2.45, 2.75) is 13.8 Å². The first-order valence-corrected chi connectivity index (χ1v) is 4.16. The van der Waals surface area contributed by atoms with Crippen LogP contribution in [0.1, 0.15) is 13.8 Å². The van der Waals surface area contributed by atoms with E-state index in [9.17, 15) is 4.79 Å². The summed E-state index contributed by atoms with van der Waals surface area (Å²) in [7, 11) is 0. The minimum Gasteiger partial charge on any atom is -0.318 e. The Labute approximate surface area is 75.7 Å². The molecule has 4 heteroatoms. The molecule has 1 N–H and O–H groups in total. The minimum absolute atomic E-state index is 0.203. The maximum absolute atomic E-state index is 10.7. The molecule has 2 aromatic rings. The summed E-state index contributed by atoms with van der Waals surface area (Å²) in [4.78, 5) is 21.1. The van der Waals surface area contributed by atoms with Gasteiger partial charge in [0, 0.05) is 6.20 Å². The number of fused-ring (bicyclic) bond motifs is 1. The summed E-state index contributed by atoms with van der Waals surface area (Å²) in [5.41, 5.74) is 1.03. The van der Waals surface area contributed by atoms with Crippen molar-refractivity contribution in [1.82, 2.24) is 15.0 Å². The quantitative estimate of drug-likeness (QED) is 0.660. The summed E-state index contributed by atoms with van der Waals surface area (Å²) < 4.78 is 0. The number of aromatic amines is 1. The van der Waals surface area contributed by atoms with Gasteiger partial charge >= 0.3 is 0 Å². The summed E-state index contributed by atoms with van der Waals surface area (Å²) in [6.45, 7) is 4.00. The molecule has 0 saturated carbocycles. The molecule has 0 fully saturated rings. The molecule has 0 bridgehead atoms. The largest absolute Gasteiger partial charge is 0.318 e. The normalized spacial score (nSPS) is 9.08. The predicted octanol–water partition coefficient (Wildman–Crippen LogP) is 1.34. The maximum Gasteiger partial charge on any atom is 0.266 e. The fraction of sp³-hybridized carbons (Fsp3) is 0.222. The molecule has 0 spiro atoms. The van der Waals surface area contributed by atoms with Crippen molar-refractivity contribution in [3.05, 3.63) is 34.9 Å². The molecule has 0 atom stereocenters. The topological polar surface area (TPSA) is 58.6 Å². The SMILES string of the molecule is CC.O=c1cnc2ncccc2[nH]1. The second kappa shape index (κ2) is 4.35. The zero-order chi connectivity index (χ0) is 9.68. The Morgan fingerprint density at radius 3 is 2.85 bits per heavy atom. The van der Waals surface area contributed by atoms with Gasteiger partial charge in [-0.3, -0.25) is 4.79 Å². The molecule has 4 nitrogen and oxygen atoms in total. The van der Waals surface area contributed by atoms with Crippen molar-refractivity contribution in [3.63, 3.8) is 0 Å². The third-order valence-corrected chi connectivity index (χ3v) is 1.35. The maximum atomic E-state index is 10.7. The molecule has 2 heterocycles. The van der Waals surface area contributed by atoms with Crippen LogP contribution in [-0.2, 0) is 0 Å². The van der Waals surface area contributed by atoms with Gasteiger partial charge in [0.1, 0.15) is 0 Å². The van der Waals surface area contributed by atoms with Gasteiger partial charge in [-0.2, -0.15) is 0 Å². The molecule has 0 amide bonds. The summed E-state index contributed by atoms with van der Waals surface area (Å²) in [5.74, 6) is 0. The predicted molar refractivity (Wildman–Crippen MR) is 51.5 cm³/mol. The second-order valence-corrected chi connectivity index (χ2v) is 2.12. The molecular formula is C9H11N3O. The average molecular weight is 177 g/mol. The number of rotatable bonds is 0. The zero-order valence-electron chi connectivity index (χ0n) is 7.61. The Morgan fingerprint density at radius 1 is 1.31 bits per heavy atom. The van der Waals surface area contributed by atoms with E-state index < -0.39 is 0 Å². The summed E-state index contributed by atoms with van der Waals surface area (Å²) in [5, 5.41) is 0. The molecule has 13 heavy (non-hydrogen) atoms. The molecule has 68 valence electrons. The fourth-order valence-corrected chi connectivity index (χ4v) is 0.882. The van der Waals surface area contributed by atoms with Crippen LogP contribution >= 0.6 is 0 Å². The molecule has 0 aliphatic carbocycles. The van der Waals surface area contributed by atoms with Crippen molar-refractivity contribution in [2.24, 2.45) is 0 Å². The van der Waals surface area contributed by atoms with Gasteiger partial charge < -0.3 is 4.98 Å². The van der Waals surface area contributed by atoms with E-state index in [1.807, 2.05) is 13.8 Å². The smallest absolute Gasteiger partial charge is 0.266 e. The van der Waals surface area contributed by atoms with E-state index in [-0.39, 0.29) is 5.56 Å². The van der Waals surface area contributed by atoms with E-state index in [0.29, 0.717) is 11.2 Å². The lowest BCUT2D eigenvalue weighted by Crippen LogP contribution is -2.05. The number of nitrogens with one attached hydrogen (secondary N) is 1. The molecule has 0 saturated heterocycles. The van der Waals surface area contributed by atoms with Crippen molar-refractivity contribution in [2.75, 3.05) is 0 Å². The van der Waals surface area contributed by atoms with Crippen LogP contribution in [0.25, 0.3) is 11.2 Å². The third-order valence-electron chi connectivity index (χ3n) is 1.35. The van der Waals surface area contributed by atoms with Gasteiger partial charge in [-0.1, -0.05) is 13.8 Å². The number of pyridine rings is 1. The van der Waals surface area contributed by atoms with Crippen LogP contribution < -0.4 is 5.56 Å². The van der Waals surface area contributed by atoms with Crippen molar-refractivity contribution in [1.29, 1.82) is 0 Å². The van der Waals surface area contributed by atoms with Crippen LogP contribution in [0.2, 0.25) is 0 Å². The van der Waals surface area contributed by atoms with Gasteiger partial charge in [0.2, 0.25) is 0 Å². The molecule has 0 aliphatic rings. The van der Waals surface area contributed by atoms with Gasteiger partial charge in [-0.25, -0.2) is 9.97 Å². The van der Waals surface area contributed by atoms with Crippen LogP contribution in [0.4, 0.5) is 0 Å². The Kier molecular flexibility index (Phi) is 3.14. The average Bonchev–Trinajstić information content (AvgIpc) is 2.21. The lowest BCUT2D eigenvalue weighted by atomic mass is 10.4. The van der Waals surface area contributed by atoms with Gasteiger partial charge in [-0.15, -0.1) is 0 Å². The van der Waals surface area contributed by atoms with Crippen LogP contribution in [0, 0.1) is 0 Å². The van der Waals surface area contributed by atoms with Crippen LogP contribution in [0.3, 0.4) is 0 Å². The highest BCUT2D eigenvalue weighted by atomic mass is 16.1. The Bertz CT molecular complexity index is 436. The number of hydrogen-bond acceptors (Lipinski definition) is 3. The molecule has 2 rings (SSSR count). The molecule has 0 aromatic carbocycles. The number of hydrogen-bond donors (Lipinski definition) is 1. The standard InChI is InChI=1S/C7H5N3O.C2H6/c11-6-4-9-7-5(10-6)2-1-3-8-7;1-2/h1-4H,(H,10,11);1-2H3. The highest BCUT2D eigenvalue weighted by Crippen LogP contribution is 1.98. The van der Waals surface area contributed by atoms with Crippen LogP contribution in [0.5, 0.6) is 0 Å². The minimum atomic E-state index is -0.203. The number of nitrogens with zero attached hydrogens (tertiary/aromatic N) is 2. The van der Waals surface area contributed by atoms with Crippen LogP contribution in [0.15, 0.2) is 29.3 Å². The molecule has 0 radical (unpaired) electrons. The van der Waals surface area contributed by atoms with Crippen molar-refractivity contribution in [3.8, 4) is 0 Å². The molecule has 0 unspecified atom stereocenters. The van der Waals surface area contributed by atoms with E-state index in [1.54, 1.807) is 18.3 Å². The Balaban J connectivity index is 0.000000396. The first-order chi connectivity index (χ1) is 6.36. The summed E-state index contributed by atoms with van der Waals surface area (Å²) in [6.07, 6.45) is 2.85. The Hall–Kier alpha value is -1.71. The second-order valence-electron chi connectivity index (χ2n) is 2.12. The van der Waals surface area contributed by atoms with Crippen molar-refractivity contribution < 1.29 is 0 Å². The molecule has 2 aromatic heterocycles. The van der Waals surface area contributed by atoms with Gasteiger partial charge in [0.15, 0.2) is 5.65 Å². The third kappa shape index (κ3) is 2.11. The molecule has 0 aliphatic heterocycles.